The van der Waals surface area contributed by atoms with Crippen LogP contribution >= 0.6 is 27.3 Å². The number of rotatable bonds is 4. The van der Waals surface area contributed by atoms with Crippen LogP contribution in [0.4, 0.5) is 0 Å². The van der Waals surface area contributed by atoms with Crippen LogP contribution < -0.4 is 4.74 Å². The molecule has 0 saturated carbocycles. The number of hydrogen-bond donors (Lipinski definition) is 0. The monoisotopic (exact) mass is 325 g/mol. The van der Waals surface area contributed by atoms with Crippen molar-refractivity contribution in [1.29, 1.82) is 0 Å². The predicted octanol–water partition coefficient (Wildman–Crippen LogP) is 4.92. The van der Waals surface area contributed by atoms with E-state index in [0.29, 0.717) is 12.5 Å². The van der Waals surface area contributed by atoms with E-state index in [0.717, 1.165) is 20.1 Å². The van der Waals surface area contributed by atoms with Gasteiger partial charge in [-0.25, -0.2) is 4.98 Å². The van der Waals surface area contributed by atoms with Gasteiger partial charge >= 0.3 is 0 Å². The van der Waals surface area contributed by atoms with Crippen molar-refractivity contribution < 1.29 is 4.74 Å². The minimum atomic E-state index is 0.445. The summed E-state index contributed by atoms with van der Waals surface area (Å²) in [5, 5.41) is 1.08. The van der Waals surface area contributed by atoms with E-state index in [2.05, 4.69) is 40.8 Å². The fourth-order valence-electron chi connectivity index (χ4n) is 1.72. The third-order valence-corrected chi connectivity index (χ3v) is 4.01. The molecule has 2 nitrogen and oxygen atoms in total. The Morgan fingerprint density at radius 1 is 1.39 bits per heavy atom. The van der Waals surface area contributed by atoms with Crippen LogP contribution in [0.2, 0.25) is 0 Å². The summed E-state index contributed by atoms with van der Waals surface area (Å²) in [5.41, 5.74) is 1.23. The normalized spacial score (nSPS) is 10.9. The van der Waals surface area contributed by atoms with Gasteiger partial charge < -0.3 is 4.74 Å². The smallest absolute Gasteiger partial charge is 0.124 e. The Balaban J connectivity index is 2.13. The average Bonchev–Trinajstić information content (AvgIpc) is 2.73. The average molecular weight is 326 g/mol. The van der Waals surface area contributed by atoms with Gasteiger partial charge in [0.1, 0.15) is 12.4 Å². The molecule has 0 fully saturated rings. The second kappa shape index (κ2) is 5.85. The van der Waals surface area contributed by atoms with Crippen molar-refractivity contribution in [3.05, 3.63) is 44.3 Å². The molecule has 2 aromatic rings. The summed E-state index contributed by atoms with van der Waals surface area (Å²) in [6, 6.07) is 6.16. The SMILES string of the molecule is Cc1ncc(COc2ccc(Br)cc2C(C)C)s1. The molecule has 0 aliphatic carbocycles. The van der Waals surface area contributed by atoms with Crippen molar-refractivity contribution in [2.45, 2.75) is 33.3 Å². The highest BCUT2D eigenvalue weighted by molar-refractivity contribution is 9.10. The molecule has 1 aromatic heterocycles. The lowest BCUT2D eigenvalue weighted by atomic mass is 10.0. The lowest BCUT2D eigenvalue weighted by Crippen LogP contribution is -1.98. The van der Waals surface area contributed by atoms with Crippen molar-refractivity contribution in [3.63, 3.8) is 0 Å². The first kappa shape index (κ1) is 13.6. The van der Waals surface area contributed by atoms with Crippen molar-refractivity contribution in [3.8, 4) is 5.75 Å². The largest absolute Gasteiger partial charge is 0.488 e. The Kier molecular flexibility index (Phi) is 4.40. The van der Waals surface area contributed by atoms with Crippen molar-refractivity contribution >= 4 is 27.3 Å². The molecule has 0 atom stereocenters. The zero-order chi connectivity index (χ0) is 13.1. The van der Waals surface area contributed by atoms with Gasteiger partial charge in [0, 0.05) is 10.7 Å². The molecule has 18 heavy (non-hydrogen) atoms. The lowest BCUT2D eigenvalue weighted by Gasteiger charge is -2.13. The molecule has 1 heterocycles. The first-order valence-electron chi connectivity index (χ1n) is 5.90. The molecule has 0 saturated heterocycles. The van der Waals surface area contributed by atoms with Crippen LogP contribution in [0.1, 0.15) is 35.2 Å². The number of thiazole rings is 1. The molecule has 0 N–H and O–H groups in total. The van der Waals surface area contributed by atoms with E-state index in [1.807, 2.05) is 25.3 Å². The van der Waals surface area contributed by atoms with Crippen molar-refractivity contribution in [2.75, 3.05) is 0 Å². The van der Waals surface area contributed by atoms with Gasteiger partial charge in [-0.15, -0.1) is 11.3 Å². The van der Waals surface area contributed by atoms with Crippen LogP contribution in [-0.2, 0) is 6.61 Å². The Labute approximate surface area is 120 Å². The molecule has 4 heteroatoms. The Morgan fingerprint density at radius 3 is 2.78 bits per heavy atom. The van der Waals surface area contributed by atoms with E-state index in [4.69, 9.17) is 4.74 Å². The van der Waals surface area contributed by atoms with E-state index in [1.54, 1.807) is 11.3 Å². The first-order chi connectivity index (χ1) is 8.56. The summed E-state index contributed by atoms with van der Waals surface area (Å²) in [6.07, 6.45) is 1.88. The van der Waals surface area contributed by atoms with Gasteiger partial charge in [0.25, 0.3) is 0 Å². The number of halogens is 1. The molecular weight excluding hydrogens is 310 g/mol. The van der Waals surface area contributed by atoms with Crippen LogP contribution in [0, 0.1) is 6.92 Å². The highest BCUT2D eigenvalue weighted by Gasteiger charge is 2.09. The second-order valence-electron chi connectivity index (χ2n) is 4.47. The molecule has 0 aliphatic rings. The summed E-state index contributed by atoms with van der Waals surface area (Å²) in [4.78, 5) is 5.39. The summed E-state index contributed by atoms with van der Waals surface area (Å²) in [7, 11) is 0. The maximum absolute atomic E-state index is 5.90. The lowest BCUT2D eigenvalue weighted by molar-refractivity contribution is 0.305. The standard InChI is InChI=1S/C14H16BrNOS/c1-9(2)13-6-11(15)4-5-14(13)17-8-12-7-16-10(3)18-12/h4-7,9H,8H2,1-3H3. The number of ether oxygens (including phenoxy) is 1. The molecule has 0 unspecified atom stereocenters. The molecule has 0 amide bonds. The minimum absolute atomic E-state index is 0.445. The van der Waals surface area contributed by atoms with E-state index < -0.39 is 0 Å². The fourth-order valence-corrected chi connectivity index (χ4v) is 2.81. The zero-order valence-corrected chi connectivity index (χ0v) is 13.1. The number of hydrogen-bond acceptors (Lipinski definition) is 3. The van der Waals surface area contributed by atoms with Gasteiger partial charge in [-0.2, -0.15) is 0 Å². The summed E-state index contributed by atoms with van der Waals surface area (Å²) in [6.45, 7) is 6.94. The number of benzene rings is 1. The summed E-state index contributed by atoms with van der Waals surface area (Å²) in [5.74, 6) is 1.40. The highest BCUT2D eigenvalue weighted by atomic mass is 79.9. The molecule has 96 valence electrons. The van der Waals surface area contributed by atoms with Gasteiger partial charge in [0.15, 0.2) is 0 Å². The summed E-state index contributed by atoms with van der Waals surface area (Å²) >= 11 is 5.18. The minimum Gasteiger partial charge on any atom is -0.488 e. The third-order valence-electron chi connectivity index (χ3n) is 2.63. The van der Waals surface area contributed by atoms with E-state index in [-0.39, 0.29) is 0 Å². The molecule has 1 aromatic carbocycles. The quantitative estimate of drug-likeness (QED) is 0.796. The van der Waals surface area contributed by atoms with Crippen LogP contribution in [-0.4, -0.2) is 4.98 Å². The maximum Gasteiger partial charge on any atom is 0.124 e. The predicted molar refractivity (Wildman–Crippen MR) is 79.4 cm³/mol. The Morgan fingerprint density at radius 2 is 2.17 bits per heavy atom. The third kappa shape index (κ3) is 3.33. The molecular formula is C14H16BrNOS. The van der Waals surface area contributed by atoms with Crippen LogP contribution in [0.15, 0.2) is 28.9 Å². The van der Waals surface area contributed by atoms with E-state index in [9.17, 15) is 0 Å². The molecule has 2 rings (SSSR count). The second-order valence-corrected chi connectivity index (χ2v) is 6.71. The Bertz CT molecular complexity index is 536. The van der Waals surface area contributed by atoms with Crippen LogP contribution in [0.25, 0.3) is 0 Å². The topological polar surface area (TPSA) is 22.1 Å². The Hall–Kier alpha value is -0.870. The number of aromatic nitrogens is 1. The number of aryl methyl sites for hydroxylation is 1. The highest BCUT2D eigenvalue weighted by Crippen LogP contribution is 2.30. The van der Waals surface area contributed by atoms with Gasteiger partial charge in [-0.05, 0) is 36.6 Å². The van der Waals surface area contributed by atoms with Crippen molar-refractivity contribution in [1.82, 2.24) is 4.98 Å². The first-order valence-corrected chi connectivity index (χ1v) is 7.50. The van der Waals surface area contributed by atoms with Gasteiger partial charge in [-0.3, -0.25) is 0 Å². The fraction of sp³-hybridized carbons (Fsp3) is 0.357. The molecule has 0 spiro atoms. The van der Waals surface area contributed by atoms with Crippen LogP contribution in [0.3, 0.4) is 0 Å². The molecule has 0 radical (unpaired) electrons. The van der Waals surface area contributed by atoms with E-state index >= 15 is 0 Å². The van der Waals surface area contributed by atoms with Crippen molar-refractivity contribution in [2.24, 2.45) is 0 Å². The van der Waals surface area contributed by atoms with Gasteiger partial charge in [0.2, 0.25) is 0 Å². The number of nitrogens with zero attached hydrogens (tertiary/aromatic N) is 1. The maximum atomic E-state index is 5.90. The van der Waals surface area contributed by atoms with Gasteiger partial charge in [-0.1, -0.05) is 29.8 Å². The molecule has 0 aliphatic heterocycles. The van der Waals surface area contributed by atoms with E-state index in [1.165, 1.54) is 5.56 Å². The summed E-state index contributed by atoms with van der Waals surface area (Å²) < 4.78 is 6.99. The van der Waals surface area contributed by atoms with Crippen LogP contribution in [0.5, 0.6) is 5.75 Å². The molecule has 0 bridgehead atoms. The van der Waals surface area contributed by atoms with Gasteiger partial charge in [0.05, 0.1) is 9.88 Å². The zero-order valence-electron chi connectivity index (χ0n) is 10.7.